The Kier molecular flexibility index (Phi) is 4.24. The van der Waals surface area contributed by atoms with Crippen molar-refractivity contribution in [3.05, 3.63) is 64.7 Å². The number of hydrogen-bond acceptors (Lipinski definition) is 2. The minimum Gasteiger partial charge on any atom is -0.506 e. The molecule has 0 amide bonds. The zero-order chi connectivity index (χ0) is 13.0. The van der Waals surface area contributed by atoms with Crippen LogP contribution in [0.3, 0.4) is 0 Å². The van der Waals surface area contributed by atoms with Crippen molar-refractivity contribution in [2.45, 2.75) is 18.9 Å². The van der Waals surface area contributed by atoms with E-state index in [1.54, 1.807) is 12.1 Å². The first-order valence-corrected chi connectivity index (χ1v) is 6.25. The molecule has 1 unspecified atom stereocenters. The van der Waals surface area contributed by atoms with Crippen LogP contribution in [0.5, 0.6) is 5.75 Å². The van der Waals surface area contributed by atoms with Gasteiger partial charge in [0.2, 0.25) is 0 Å². The van der Waals surface area contributed by atoms with Gasteiger partial charge in [-0.25, -0.2) is 0 Å². The molecule has 18 heavy (non-hydrogen) atoms. The summed E-state index contributed by atoms with van der Waals surface area (Å²) in [5.41, 5.74) is 1.93. The molecule has 1 atom stereocenters. The normalized spacial score (nSPS) is 12.3. The Balaban J connectivity index is 1.97. The SMILES string of the molecule is Oc1ccc(CCC(O)c2ccccc2)cc1Cl. The summed E-state index contributed by atoms with van der Waals surface area (Å²) < 4.78 is 0. The third-order valence-electron chi connectivity index (χ3n) is 2.90. The average molecular weight is 263 g/mol. The van der Waals surface area contributed by atoms with Gasteiger partial charge in [-0.05, 0) is 36.1 Å². The van der Waals surface area contributed by atoms with Crippen LogP contribution in [0.1, 0.15) is 23.7 Å². The number of aliphatic hydroxyl groups excluding tert-OH is 1. The zero-order valence-corrected chi connectivity index (χ0v) is 10.6. The van der Waals surface area contributed by atoms with E-state index in [1.165, 1.54) is 0 Å². The lowest BCUT2D eigenvalue weighted by atomic mass is 10.0. The molecule has 2 N–H and O–H groups in total. The Morgan fingerprint density at radius 1 is 1.06 bits per heavy atom. The highest BCUT2D eigenvalue weighted by atomic mass is 35.5. The van der Waals surface area contributed by atoms with Crippen LogP contribution >= 0.6 is 11.6 Å². The largest absolute Gasteiger partial charge is 0.506 e. The fourth-order valence-corrected chi connectivity index (χ4v) is 2.05. The number of aryl methyl sites for hydroxylation is 1. The van der Waals surface area contributed by atoms with Crippen molar-refractivity contribution in [1.82, 2.24) is 0 Å². The summed E-state index contributed by atoms with van der Waals surface area (Å²) in [6, 6.07) is 14.7. The van der Waals surface area contributed by atoms with E-state index in [2.05, 4.69) is 0 Å². The van der Waals surface area contributed by atoms with Gasteiger partial charge < -0.3 is 10.2 Å². The van der Waals surface area contributed by atoms with Gasteiger partial charge in [-0.2, -0.15) is 0 Å². The van der Waals surface area contributed by atoms with Crippen LogP contribution in [0.15, 0.2) is 48.5 Å². The monoisotopic (exact) mass is 262 g/mol. The highest BCUT2D eigenvalue weighted by Crippen LogP contribution is 2.25. The minimum absolute atomic E-state index is 0.0871. The summed E-state index contributed by atoms with van der Waals surface area (Å²) in [5.74, 6) is 0.0871. The van der Waals surface area contributed by atoms with Crippen LogP contribution in [0.2, 0.25) is 5.02 Å². The Morgan fingerprint density at radius 2 is 1.78 bits per heavy atom. The molecular weight excluding hydrogens is 248 g/mol. The van der Waals surface area contributed by atoms with Crippen LogP contribution in [0.25, 0.3) is 0 Å². The standard InChI is InChI=1S/C15H15ClO2/c16-13-10-11(7-9-15(13)18)6-8-14(17)12-4-2-1-3-5-12/h1-5,7,9-10,14,17-18H,6,8H2. The molecule has 0 aliphatic carbocycles. The van der Waals surface area contributed by atoms with Crippen molar-refractivity contribution in [1.29, 1.82) is 0 Å². The number of aliphatic hydroxyl groups is 1. The molecule has 0 radical (unpaired) electrons. The van der Waals surface area contributed by atoms with E-state index < -0.39 is 6.10 Å². The molecule has 2 aromatic rings. The lowest BCUT2D eigenvalue weighted by Gasteiger charge is -2.11. The van der Waals surface area contributed by atoms with Crippen molar-refractivity contribution >= 4 is 11.6 Å². The van der Waals surface area contributed by atoms with E-state index in [9.17, 15) is 10.2 Å². The fourth-order valence-electron chi connectivity index (χ4n) is 1.85. The fraction of sp³-hybridized carbons (Fsp3) is 0.200. The molecule has 0 saturated heterocycles. The maximum absolute atomic E-state index is 10.0. The molecule has 0 fully saturated rings. The van der Waals surface area contributed by atoms with Gasteiger partial charge in [0.25, 0.3) is 0 Å². The average Bonchev–Trinajstić information content (AvgIpc) is 2.41. The maximum atomic E-state index is 10.0. The van der Waals surface area contributed by atoms with E-state index >= 15 is 0 Å². The van der Waals surface area contributed by atoms with E-state index in [-0.39, 0.29) is 5.75 Å². The molecule has 0 heterocycles. The predicted octanol–water partition coefficient (Wildman–Crippen LogP) is 3.71. The molecule has 94 valence electrons. The second-order valence-corrected chi connectivity index (χ2v) is 4.66. The number of benzene rings is 2. The highest BCUT2D eigenvalue weighted by molar-refractivity contribution is 6.32. The third-order valence-corrected chi connectivity index (χ3v) is 3.21. The molecule has 0 bridgehead atoms. The molecular formula is C15H15ClO2. The Bertz CT molecular complexity index is 511. The molecule has 0 aromatic heterocycles. The number of halogens is 1. The van der Waals surface area contributed by atoms with Gasteiger partial charge in [-0.15, -0.1) is 0 Å². The van der Waals surface area contributed by atoms with Gasteiger partial charge in [0, 0.05) is 0 Å². The number of phenolic OH excluding ortho intramolecular Hbond substituents is 1. The van der Waals surface area contributed by atoms with Crippen LogP contribution < -0.4 is 0 Å². The lowest BCUT2D eigenvalue weighted by molar-refractivity contribution is 0.168. The molecule has 0 aliphatic heterocycles. The van der Waals surface area contributed by atoms with Crippen LogP contribution in [0, 0.1) is 0 Å². The van der Waals surface area contributed by atoms with Crippen molar-refractivity contribution in [3.63, 3.8) is 0 Å². The number of hydrogen-bond donors (Lipinski definition) is 2. The minimum atomic E-state index is -0.473. The summed E-state index contributed by atoms with van der Waals surface area (Å²) in [6.07, 6.45) is 0.875. The summed E-state index contributed by atoms with van der Waals surface area (Å²) in [6.45, 7) is 0. The van der Waals surface area contributed by atoms with Gasteiger partial charge in [-0.1, -0.05) is 48.0 Å². The van der Waals surface area contributed by atoms with Crippen molar-refractivity contribution in [2.24, 2.45) is 0 Å². The predicted molar refractivity (Wildman–Crippen MR) is 72.8 cm³/mol. The first-order valence-electron chi connectivity index (χ1n) is 5.87. The smallest absolute Gasteiger partial charge is 0.134 e. The number of phenols is 1. The van der Waals surface area contributed by atoms with Crippen LogP contribution in [0.4, 0.5) is 0 Å². The molecule has 2 aromatic carbocycles. The van der Waals surface area contributed by atoms with Crippen molar-refractivity contribution < 1.29 is 10.2 Å². The van der Waals surface area contributed by atoms with Crippen molar-refractivity contribution in [3.8, 4) is 5.75 Å². The van der Waals surface area contributed by atoms with Crippen molar-refractivity contribution in [2.75, 3.05) is 0 Å². The molecule has 0 aliphatic rings. The maximum Gasteiger partial charge on any atom is 0.134 e. The Hall–Kier alpha value is -1.51. The molecule has 0 spiro atoms. The summed E-state index contributed by atoms with van der Waals surface area (Å²) in [4.78, 5) is 0. The summed E-state index contributed by atoms with van der Waals surface area (Å²) in [5, 5.41) is 19.7. The van der Waals surface area contributed by atoms with E-state index in [0.29, 0.717) is 11.4 Å². The first-order chi connectivity index (χ1) is 8.66. The zero-order valence-electron chi connectivity index (χ0n) is 9.88. The van der Waals surface area contributed by atoms with Gasteiger partial charge in [-0.3, -0.25) is 0 Å². The Labute approximate surface area is 111 Å². The first kappa shape index (κ1) is 12.9. The van der Waals surface area contributed by atoms with E-state index in [0.717, 1.165) is 17.5 Å². The van der Waals surface area contributed by atoms with E-state index in [4.69, 9.17) is 11.6 Å². The second-order valence-electron chi connectivity index (χ2n) is 4.25. The summed E-state index contributed by atoms with van der Waals surface area (Å²) in [7, 11) is 0. The molecule has 2 rings (SSSR count). The quantitative estimate of drug-likeness (QED) is 0.882. The van der Waals surface area contributed by atoms with Gasteiger partial charge in [0.1, 0.15) is 5.75 Å². The molecule has 3 heteroatoms. The van der Waals surface area contributed by atoms with Gasteiger partial charge in [0.15, 0.2) is 0 Å². The van der Waals surface area contributed by atoms with E-state index in [1.807, 2.05) is 36.4 Å². The second kappa shape index (κ2) is 5.89. The number of aromatic hydroxyl groups is 1. The highest BCUT2D eigenvalue weighted by Gasteiger charge is 2.07. The topological polar surface area (TPSA) is 40.5 Å². The van der Waals surface area contributed by atoms with Gasteiger partial charge in [0.05, 0.1) is 11.1 Å². The molecule has 0 saturated carbocycles. The molecule has 2 nitrogen and oxygen atoms in total. The number of rotatable bonds is 4. The summed E-state index contributed by atoms with van der Waals surface area (Å²) >= 11 is 5.83. The van der Waals surface area contributed by atoms with Gasteiger partial charge >= 0.3 is 0 Å². The lowest BCUT2D eigenvalue weighted by Crippen LogP contribution is -1.99. The van der Waals surface area contributed by atoms with Crippen LogP contribution in [-0.4, -0.2) is 10.2 Å². The van der Waals surface area contributed by atoms with Crippen LogP contribution in [-0.2, 0) is 6.42 Å². The Morgan fingerprint density at radius 3 is 2.44 bits per heavy atom. The third kappa shape index (κ3) is 3.25.